The van der Waals surface area contributed by atoms with Crippen LogP contribution in [0.25, 0.3) is 6.08 Å². The molecule has 162 valence electrons. The van der Waals surface area contributed by atoms with Crippen molar-refractivity contribution in [3.8, 4) is 0 Å². The second kappa shape index (κ2) is 9.86. The third-order valence-electron chi connectivity index (χ3n) is 5.97. The van der Waals surface area contributed by atoms with E-state index in [0.29, 0.717) is 34.7 Å². The van der Waals surface area contributed by atoms with Crippen molar-refractivity contribution in [2.75, 3.05) is 39.3 Å². The zero-order valence-corrected chi connectivity index (χ0v) is 18.7. The van der Waals surface area contributed by atoms with E-state index in [0.717, 1.165) is 38.2 Å². The van der Waals surface area contributed by atoms with E-state index >= 15 is 0 Å². The normalized spacial score (nSPS) is 19.9. The predicted molar refractivity (Wildman–Crippen MR) is 124 cm³/mol. The van der Waals surface area contributed by atoms with Crippen LogP contribution in [0.3, 0.4) is 0 Å². The summed E-state index contributed by atoms with van der Waals surface area (Å²) in [6, 6.07) is 14.8. The number of likely N-dealkylation sites (tertiary alicyclic amines) is 1. The zero-order valence-electron chi connectivity index (χ0n) is 17.2. The molecule has 1 unspecified atom stereocenters. The van der Waals surface area contributed by atoms with Crippen molar-refractivity contribution in [1.29, 1.82) is 0 Å². The Kier molecular flexibility index (Phi) is 6.96. The highest BCUT2D eigenvalue weighted by molar-refractivity contribution is 6.30. The van der Waals surface area contributed by atoms with Gasteiger partial charge in [0.15, 0.2) is 0 Å². The third kappa shape index (κ3) is 5.48. The van der Waals surface area contributed by atoms with Gasteiger partial charge in [0.2, 0.25) is 5.91 Å². The second-order valence-corrected chi connectivity index (χ2v) is 8.82. The number of piperazine rings is 1. The standard InChI is InChI=1S/C24H25Cl2N3O2/c25-20-6-1-18(2-7-20)3-10-23(30)29-12-11-22(17-29)27-13-15-28(16-14-27)24(31)19-4-8-21(26)9-5-19/h1-10,22H,11-17H2/b10-3+. The molecule has 0 radical (unpaired) electrons. The molecule has 1 atom stereocenters. The van der Waals surface area contributed by atoms with Crippen molar-refractivity contribution in [1.82, 2.24) is 14.7 Å². The van der Waals surface area contributed by atoms with Crippen molar-refractivity contribution in [2.24, 2.45) is 0 Å². The molecular formula is C24H25Cl2N3O2. The highest BCUT2D eigenvalue weighted by Crippen LogP contribution is 2.20. The number of halogens is 2. The van der Waals surface area contributed by atoms with Gasteiger partial charge in [-0.2, -0.15) is 0 Å². The van der Waals surface area contributed by atoms with E-state index in [9.17, 15) is 9.59 Å². The summed E-state index contributed by atoms with van der Waals surface area (Å²) in [5.74, 6) is 0.0841. The Hall–Kier alpha value is -2.34. The molecule has 5 nitrogen and oxygen atoms in total. The largest absolute Gasteiger partial charge is 0.338 e. The first-order valence-electron chi connectivity index (χ1n) is 10.5. The molecule has 31 heavy (non-hydrogen) atoms. The number of rotatable bonds is 4. The Morgan fingerprint density at radius 1 is 0.806 bits per heavy atom. The van der Waals surface area contributed by atoms with Crippen LogP contribution in [0, 0.1) is 0 Å². The van der Waals surface area contributed by atoms with Gasteiger partial charge in [0.1, 0.15) is 0 Å². The fourth-order valence-corrected chi connectivity index (χ4v) is 4.40. The molecule has 0 N–H and O–H groups in total. The lowest BCUT2D eigenvalue weighted by Crippen LogP contribution is -2.52. The first-order valence-corrected chi connectivity index (χ1v) is 11.3. The lowest BCUT2D eigenvalue weighted by Gasteiger charge is -2.38. The van der Waals surface area contributed by atoms with E-state index in [2.05, 4.69) is 4.90 Å². The van der Waals surface area contributed by atoms with Gasteiger partial charge in [-0.3, -0.25) is 14.5 Å². The first kappa shape index (κ1) is 21.9. The number of benzene rings is 2. The number of amides is 2. The van der Waals surface area contributed by atoms with Crippen LogP contribution in [0.2, 0.25) is 10.0 Å². The Morgan fingerprint density at radius 3 is 2.06 bits per heavy atom. The maximum atomic E-state index is 12.7. The predicted octanol–water partition coefficient (Wildman–Crippen LogP) is 4.07. The highest BCUT2D eigenvalue weighted by atomic mass is 35.5. The van der Waals surface area contributed by atoms with Crippen LogP contribution < -0.4 is 0 Å². The van der Waals surface area contributed by atoms with Gasteiger partial charge in [-0.15, -0.1) is 0 Å². The van der Waals surface area contributed by atoms with Gasteiger partial charge < -0.3 is 9.80 Å². The van der Waals surface area contributed by atoms with Gasteiger partial charge in [0.05, 0.1) is 0 Å². The summed E-state index contributed by atoms with van der Waals surface area (Å²) < 4.78 is 0. The summed E-state index contributed by atoms with van der Waals surface area (Å²) >= 11 is 11.8. The van der Waals surface area contributed by atoms with Gasteiger partial charge >= 0.3 is 0 Å². The smallest absolute Gasteiger partial charge is 0.253 e. The molecule has 2 saturated heterocycles. The molecule has 0 bridgehead atoms. The zero-order chi connectivity index (χ0) is 21.8. The molecule has 0 aliphatic carbocycles. The van der Waals surface area contributed by atoms with E-state index in [4.69, 9.17) is 23.2 Å². The van der Waals surface area contributed by atoms with Crippen LogP contribution >= 0.6 is 23.2 Å². The van der Waals surface area contributed by atoms with Gasteiger partial charge in [-0.05, 0) is 54.5 Å². The molecule has 2 aromatic carbocycles. The Balaban J connectivity index is 1.26. The summed E-state index contributed by atoms with van der Waals surface area (Å²) in [5.41, 5.74) is 1.62. The van der Waals surface area contributed by atoms with E-state index in [1.807, 2.05) is 40.1 Å². The molecule has 2 fully saturated rings. The van der Waals surface area contributed by atoms with Crippen molar-refractivity contribution in [3.63, 3.8) is 0 Å². The molecule has 0 spiro atoms. The molecule has 0 saturated carbocycles. The fourth-order valence-electron chi connectivity index (χ4n) is 4.15. The van der Waals surface area contributed by atoms with Crippen LogP contribution in [0.4, 0.5) is 0 Å². The van der Waals surface area contributed by atoms with E-state index in [-0.39, 0.29) is 11.8 Å². The lowest BCUT2D eigenvalue weighted by atomic mass is 10.1. The maximum Gasteiger partial charge on any atom is 0.253 e. The summed E-state index contributed by atoms with van der Waals surface area (Å²) in [6.07, 6.45) is 4.42. The van der Waals surface area contributed by atoms with Gasteiger partial charge in [0.25, 0.3) is 5.91 Å². The van der Waals surface area contributed by atoms with E-state index < -0.39 is 0 Å². The van der Waals surface area contributed by atoms with Crippen LogP contribution in [0.1, 0.15) is 22.3 Å². The Morgan fingerprint density at radius 2 is 1.42 bits per heavy atom. The molecule has 0 aromatic heterocycles. The molecule has 4 rings (SSSR count). The summed E-state index contributed by atoms with van der Waals surface area (Å²) in [6.45, 7) is 4.54. The van der Waals surface area contributed by atoms with Crippen molar-refractivity contribution >= 4 is 41.1 Å². The average Bonchev–Trinajstić information content (AvgIpc) is 3.29. The van der Waals surface area contributed by atoms with Crippen molar-refractivity contribution < 1.29 is 9.59 Å². The van der Waals surface area contributed by atoms with E-state index in [1.54, 1.807) is 30.3 Å². The molecule has 2 aliphatic heterocycles. The number of hydrogen-bond donors (Lipinski definition) is 0. The fraction of sp³-hybridized carbons (Fsp3) is 0.333. The minimum Gasteiger partial charge on any atom is -0.338 e. The van der Waals surface area contributed by atoms with Crippen molar-refractivity contribution in [3.05, 3.63) is 75.8 Å². The monoisotopic (exact) mass is 457 g/mol. The minimum atomic E-state index is 0.0361. The first-order chi connectivity index (χ1) is 15.0. The van der Waals surface area contributed by atoms with E-state index in [1.165, 1.54) is 0 Å². The molecular weight excluding hydrogens is 433 g/mol. The summed E-state index contributed by atoms with van der Waals surface area (Å²) in [5, 5.41) is 1.31. The number of hydrogen-bond acceptors (Lipinski definition) is 3. The maximum absolute atomic E-state index is 12.7. The Labute approximate surface area is 192 Å². The molecule has 2 aromatic rings. The summed E-state index contributed by atoms with van der Waals surface area (Å²) in [7, 11) is 0. The molecule has 7 heteroatoms. The second-order valence-electron chi connectivity index (χ2n) is 7.95. The third-order valence-corrected chi connectivity index (χ3v) is 6.48. The highest BCUT2D eigenvalue weighted by Gasteiger charge is 2.32. The Bertz CT molecular complexity index is 952. The van der Waals surface area contributed by atoms with Crippen LogP contribution in [-0.4, -0.2) is 71.8 Å². The molecule has 2 heterocycles. The van der Waals surface area contributed by atoms with Crippen LogP contribution in [0.5, 0.6) is 0 Å². The van der Waals surface area contributed by atoms with Crippen LogP contribution in [-0.2, 0) is 4.79 Å². The summed E-state index contributed by atoms with van der Waals surface area (Å²) in [4.78, 5) is 31.5. The number of nitrogens with zero attached hydrogens (tertiary/aromatic N) is 3. The number of carbonyl (C=O) groups excluding carboxylic acids is 2. The SMILES string of the molecule is O=C(/C=C/c1ccc(Cl)cc1)N1CCC(N2CCN(C(=O)c3ccc(Cl)cc3)CC2)C1. The lowest BCUT2D eigenvalue weighted by molar-refractivity contribution is -0.125. The van der Waals surface area contributed by atoms with Gasteiger partial charge in [0, 0.05) is 67.0 Å². The quantitative estimate of drug-likeness (QED) is 0.649. The minimum absolute atomic E-state index is 0.0361. The molecule has 2 amide bonds. The van der Waals surface area contributed by atoms with Crippen LogP contribution in [0.15, 0.2) is 54.6 Å². The van der Waals surface area contributed by atoms with Gasteiger partial charge in [-0.1, -0.05) is 35.3 Å². The average molecular weight is 458 g/mol. The number of carbonyl (C=O) groups is 2. The van der Waals surface area contributed by atoms with Gasteiger partial charge in [-0.25, -0.2) is 0 Å². The molecule has 2 aliphatic rings. The topological polar surface area (TPSA) is 43.9 Å². The van der Waals surface area contributed by atoms with Crippen molar-refractivity contribution in [2.45, 2.75) is 12.5 Å².